The smallest absolute Gasteiger partial charge is 0.264 e. The van der Waals surface area contributed by atoms with Gasteiger partial charge in [0.2, 0.25) is 11.8 Å². The molecule has 1 N–H and O–H groups in total. The van der Waals surface area contributed by atoms with E-state index in [1.165, 1.54) is 17.0 Å². The summed E-state index contributed by atoms with van der Waals surface area (Å²) >= 11 is 12.6. The lowest BCUT2D eigenvalue weighted by atomic mass is 10.1. The van der Waals surface area contributed by atoms with Crippen LogP contribution in [0.3, 0.4) is 0 Å². The Bertz CT molecular complexity index is 1490. The molecule has 3 rings (SSSR count). The summed E-state index contributed by atoms with van der Waals surface area (Å²) in [6, 6.07) is 17.4. The molecule has 41 heavy (non-hydrogen) atoms. The molecule has 0 bridgehead atoms. The third-order valence-electron chi connectivity index (χ3n) is 6.45. The number of amides is 2. The Morgan fingerprint density at radius 1 is 0.902 bits per heavy atom. The van der Waals surface area contributed by atoms with Crippen molar-refractivity contribution in [2.45, 2.75) is 71.0 Å². The molecule has 3 aromatic rings. The summed E-state index contributed by atoms with van der Waals surface area (Å²) in [6.45, 7) is 10.6. The van der Waals surface area contributed by atoms with Crippen molar-refractivity contribution in [1.29, 1.82) is 0 Å². The maximum absolute atomic E-state index is 14.1. The number of hydrogen-bond acceptors (Lipinski definition) is 4. The fourth-order valence-electron chi connectivity index (χ4n) is 4.28. The highest BCUT2D eigenvalue weighted by Gasteiger charge is 2.34. The minimum atomic E-state index is -4.14. The molecule has 0 aliphatic heterocycles. The molecule has 220 valence electrons. The molecule has 2 amide bonds. The molecule has 0 aromatic heterocycles. The van der Waals surface area contributed by atoms with Gasteiger partial charge in [0.15, 0.2) is 0 Å². The summed E-state index contributed by atoms with van der Waals surface area (Å²) in [7, 11) is -4.14. The number of nitrogens with zero attached hydrogens (tertiary/aromatic N) is 2. The first kappa shape index (κ1) is 32.4. The standard InChI is InChI=1S/C31H37Cl2N3O4S/c1-7-28(30(38)34-31(4,5)6)35(19-23-12-13-24(32)18-27(23)33)29(37)20-36(25-14-8-21(2)9-15-25)41(39,40)26-16-10-22(3)11-17-26/h8-18,28H,7,19-20H2,1-6H3,(H,34,38)/t28-/m1/s1. The van der Waals surface area contributed by atoms with E-state index in [9.17, 15) is 18.0 Å². The van der Waals surface area contributed by atoms with Crippen molar-refractivity contribution in [2.24, 2.45) is 0 Å². The fraction of sp³-hybridized carbons (Fsp3) is 0.355. The van der Waals surface area contributed by atoms with Gasteiger partial charge in [-0.3, -0.25) is 13.9 Å². The third kappa shape index (κ3) is 8.47. The van der Waals surface area contributed by atoms with E-state index in [-0.39, 0.29) is 17.3 Å². The summed E-state index contributed by atoms with van der Waals surface area (Å²) in [6.07, 6.45) is 0.300. The zero-order valence-corrected chi connectivity index (χ0v) is 26.6. The average molecular weight is 619 g/mol. The van der Waals surface area contributed by atoms with Crippen molar-refractivity contribution in [3.05, 3.63) is 93.5 Å². The summed E-state index contributed by atoms with van der Waals surface area (Å²) in [4.78, 5) is 29.0. The number of anilines is 1. The van der Waals surface area contributed by atoms with Crippen LogP contribution < -0.4 is 9.62 Å². The molecule has 7 nitrogen and oxygen atoms in total. The molecule has 0 fully saturated rings. The van der Waals surface area contributed by atoms with Gasteiger partial charge in [-0.05, 0) is 83.0 Å². The van der Waals surface area contributed by atoms with Crippen LogP contribution >= 0.6 is 23.2 Å². The minimum Gasteiger partial charge on any atom is -0.350 e. The van der Waals surface area contributed by atoms with Gasteiger partial charge in [0.25, 0.3) is 10.0 Å². The molecule has 0 spiro atoms. The van der Waals surface area contributed by atoms with Gasteiger partial charge in [-0.2, -0.15) is 0 Å². The molecule has 1 atom stereocenters. The topological polar surface area (TPSA) is 86.8 Å². The molecule has 0 saturated heterocycles. The summed E-state index contributed by atoms with van der Waals surface area (Å²) < 4.78 is 29.0. The van der Waals surface area contributed by atoms with Crippen molar-refractivity contribution in [1.82, 2.24) is 10.2 Å². The number of halogens is 2. The molecular weight excluding hydrogens is 581 g/mol. The van der Waals surface area contributed by atoms with Crippen molar-refractivity contribution in [3.8, 4) is 0 Å². The summed E-state index contributed by atoms with van der Waals surface area (Å²) in [5.74, 6) is -0.898. The lowest BCUT2D eigenvalue weighted by molar-refractivity contribution is -0.141. The lowest BCUT2D eigenvalue weighted by Gasteiger charge is -2.35. The third-order valence-corrected chi connectivity index (χ3v) is 8.82. The van der Waals surface area contributed by atoms with Gasteiger partial charge in [0.05, 0.1) is 10.6 Å². The van der Waals surface area contributed by atoms with Gasteiger partial charge in [-0.15, -0.1) is 0 Å². The van der Waals surface area contributed by atoms with Crippen molar-refractivity contribution < 1.29 is 18.0 Å². The van der Waals surface area contributed by atoms with Crippen LogP contribution in [0.4, 0.5) is 5.69 Å². The van der Waals surface area contributed by atoms with E-state index in [1.807, 2.05) is 34.6 Å². The zero-order valence-electron chi connectivity index (χ0n) is 24.2. The van der Waals surface area contributed by atoms with E-state index >= 15 is 0 Å². The van der Waals surface area contributed by atoms with E-state index < -0.39 is 34.1 Å². The number of aryl methyl sites for hydroxylation is 2. The number of sulfonamides is 1. The molecule has 0 heterocycles. The van der Waals surface area contributed by atoms with Gasteiger partial charge < -0.3 is 10.2 Å². The van der Waals surface area contributed by atoms with Crippen LogP contribution in [-0.2, 0) is 26.2 Å². The molecule has 0 unspecified atom stereocenters. The summed E-state index contributed by atoms with van der Waals surface area (Å²) in [5, 5.41) is 3.72. The quantitative estimate of drug-likeness (QED) is 0.280. The van der Waals surface area contributed by atoms with E-state index in [2.05, 4.69) is 5.32 Å². The first-order chi connectivity index (χ1) is 19.1. The predicted octanol–water partition coefficient (Wildman–Crippen LogP) is 6.53. The molecule has 0 aliphatic carbocycles. The molecule has 3 aromatic carbocycles. The van der Waals surface area contributed by atoms with Gasteiger partial charge in [-0.1, -0.05) is 71.6 Å². The molecule has 0 saturated carbocycles. The summed E-state index contributed by atoms with van der Waals surface area (Å²) in [5.41, 5.74) is 2.22. The maximum atomic E-state index is 14.1. The highest BCUT2D eigenvalue weighted by Crippen LogP contribution is 2.27. The number of rotatable bonds is 10. The van der Waals surface area contributed by atoms with Gasteiger partial charge in [-0.25, -0.2) is 8.42 Å². The molecule has 0 radical (unpaired) electrons. The monoisotopic (exact) mass is 617 g/mol. The SMILES string of the molecule is CC[C@H](C(=O)NC(C)(C)C)N(Cc1ccc(Cl)cc1Cl)C(=O)CN(c1ccc(C)cc1)S(=O)(=O)c1ccc(C)cc1. The van der Waals surface area contributed by atoms with Crippen molar-refractivity contribution in [3.63, 3.8) is 0 Å². The number of carbonyl (C=O) groups is 2. The van der Waals surface area contributed by atoms with Crippen LogP contribution in [0.5, 0.6) is 0 Å². The van der Waals surface area contributed by atoms with Gasteiger partial charge in [0, 0.05) is 22.1 Å². The second-order valence-corrected chi connectivity index (χ2v) is 13.8. The van der Waals surface area contributed by atoms with Crippen LogP contribution in [0.2, 0.25) is 10.0 Å². The Morgan fingerprint density at radius 2 is 1.46 bits per heavy atom. The Kier molecular flexibility index (Phi) is 10.5. The second kappa shape index (κ2) is 13.3. The van der Waals surface area contributed by atoms with E-state index in [4.69, 9.17) is 23.2 Å². The van der Waals surface area contributed by atoms with Crippen LogP contribution in [0.1, 0.15) is 50.8 Å². The normalized spacial score (nSPS) is 12.5. The fourth-order valence-corrected chi connectivity index (χ4v) is 6.17. The highest BCUT2D eigenvalue weighted by molar-refractivity contribution is 7.92. The molecular formula is C31H37Cl2N3O4S. The minimum absolute atomic E-state index is 0.0166. The number of carbonyl (C=O) groups excluding carboxylic acids is 2. The maximum Gasteiger partial charge on any atom is 0.264 e. The van der Waals surface area contributed by atoms with E-state index in [1.54, 1.807) is 61.5 Å². The van der Waals surface area contributed by atoms with Crippen LogP contribution in [0, 0.1) is 13.8 Å². The number of nitrogens with one attached hydrogen (secondary N) is 1. The average Bonchev–Trinajstić information content (AvgIpc) is 2.88. The first-order valence-corrected chi connectivity index (χ1v) is 15.5. The Hall–Kier alpha value is -3.07. The van der Waals surface area contributed by atoms with E-state index in [0.29, 0.717) is 27.7 Å². The number of hydrogen-bond donors (Lipinski definition) is 1. The van der Waals surface area contributed by atoms with Gasteiger partial charge >= 0.3 is 0 Å². The molecule has 0 aliphatic rings. The van der Waals surface area contributed by atoms with Crippen LogP contribution in [-0.4, -0.2) is 43.3 Å². The number of benzene rings is 3. The Morgan fingerprint density at radius 3 is 1.98 bits per heavy atom. The Balaban J connectivity index is 2.09. The predicted molar refractivity (Wildman–Crippen MR) is 166 cm³/mol. The largest absolute Gasteiger partial charge is 0.350 e. The van der Waals surface area contributed by atoms with Gasteiger partial charge in [0.1, 0.15) is 12.6 Å². The van der Waals surface area contributed by atoms with Crippen LogP contribution in [0.25, 0.3) is 0 Å². The highest BCUT2D eigenvalue weighted by atomic mass is 35.5. The second-order valence-electron chi connectivity index (χ2n) is 11.1. The zero-order chi connectivity index (χ0) is 30.5. The van der Waals surface area contributed by atoms with Crippen molar-refractivity contribution >= 4 is 50.7 Å². The van der Waals surface area contributed by atoms with Crippen LogP contribution in [0.15, 0.2) is 71.6 Å². The van der Waals surface area contributed by atoms with Crippen molar-refractivity contribution in [2.75, 3.05) is 10.8 Å². The van der Waals surface area contributed by atoms with E-state index in [0.717, 1.165) is 15.4 Å². The molecule has 10 heteroatoms. The lowest BCUT2D eigenvalue weighted by Crippen LogP contribution is -2.55. The Labute approximate surface area is 253 Å². The first-order valence-electron chi connectivity index (χ1n) is 13.3.